The maximum atomic E-state index is 12.3. The minimum atomic E-state index is -0.675. The molecule has 0 N–H and O–H groups in total. The van der Waals surface area contributed by atoms with Crippen LogP contribution >= 0.6 is 27.3 Å². The van der Waals surface area contributed by atoms with E-state index in [9.17, 15) is 9.59 Å². The molecule has 1 aliphatic rings. The third-order valence-electron chi connectivity index (χ3n) is 3.17. The van der Waals surface area contributed by atoms with Crippen LogP contribution in [0.25, 0.3) is 0 Å². The Morgan fingerprint density at radius 1 is 1.53 bits per heavy atom. The summed E-state index contributed by atoms with van der Waals surface area (Å²) in [7, 11) is 0. The van der Waals surface area contributed by atoms with Gasteiger partial charge in [0.2, 0.25) is 0 Å². The fourth-order valence-corrected chi connectivity index (χ4v) is 3.42. The minimum Gasteiger partial charge on any atom is -0.326 e. The van der Waals surface area contributed by atoms with Gasteiger partial charge in [-0.2, -0.15) is 0 Å². The molecule has 1 aliphatic heterocycles. The van der Waals surface area contributed by atoms with E-state index < -0.39 is 5.54 Å². The number of hydrogen-bond donors (Lipinski definition) is 0. The maximum Gasteiger partial charge on any atom is 0.264 e. The van der Waals surface area contributed by atoms with Crippen molar-refractivity contribution in [3.05, 3.63) is 20.8 Å². The number of halogens is 1. The summed E-state index contributed by atoms with van der Waals surface area (Å²) in [6, 6.07) is 1.81. The van der Waals surface area contributed by atoms with Gasteiger partial charge in [-0.1, -0.05) is 0 Å². The van der Waals surface area contributed by atoms with Gasteiger partial charge in [0.25, 0.3) is 5.91 Å². The van der Waals surface area contributed by atoms with E-state index in [2.05, 4.69) is 15.9 Å². The molecule has 0 atom stereocenters. The lowest BCUT2D eigenvalue weighted by Gasteiger charge is -2.40. The van der Waals surface area contributed by atoms with Crippen molar-refractivity contribution >= 4 is 39.0 Å². The van der Waals surface area contributed by atoms with E-state index in [0.717, 1.165) is 10.9 Å². The standard InChI is InChI=1S/C12H14BrNO2S/c1-12(2)10(15)4-3-5-14(12)11(16)9-6-8(13)7-17-9/h6-7H,3-5H2,1-2H3. The lowest BCUT2D eigenvalue weighted by atomic mass is 9.89. The summed E-state index contributed by atoms with van der Waals surface area (Å²) in [5.41, 5.74) is -0.675. The average Bonchev–Trinajstić information content (AvgIpc) is 2.68. The Kier molecular flexibility index (Phi) is 3.41. The van der Waals surface area contributed by atoms with Crippen LogP contribution < -0.4 is 0 Å². The molecule has 0 saturated carbocycles. The predicted octanol–water partition coefficient (Wildman–Crippen LogP) is 3.09. The van der Waals surface area contributed by atoms with Crippen molar-refractivity contribution in [1.82, 2.24) is 4.90 Å². The van der Waals surface area contributed by atoms with Crippen LogP contribution in [-0.2, 0) is 4.79 Å². The molecule has 17 heavy (non-hydrogen) atoms. The highest BCUT2D eigenvalue weighted by molar-refractivity contribution is 9.10. The van der Waals surface area contributed by atoms with E-state index in [1.807, 2.05) is 25.3 Å². The van der Waals surface area contributed by atoms with Crippen molar-refractivity contribution in [3.8, 4) is 0 Å². The molecule has 1 amide bonds. The first kappa shape index (κ1) is 12.8. The predicted molar refractivity (Wildman–Crippen MR) is 71.4 cm³/mol. The van der Waals surface area contributed by atoms with Crippen LogP contribution in [0.4, 0.5) is 0 Å². The van der Waals surface area contributed by atoms with Crippen molar-refractivity contribution < 1.29 is 9.59 Å². The van der Waals surface area contributed by atoms with Crippen LogP contribution in [0, 0.1) is 0 Å². The van der Waals surface area contributed by atoms with Gasteiger partial charge in [-0.25, -0.2) is 0 Å². The Balaban J connectivity index is 2.27. The molecule has 2 rings (SSSR count). The molecule has 1 fully saturated rings. The summed E-state index contributed by atoms with van der Waals surface area (Å²) in [6.07, 6.45) is 1.34. The summed E-state index contributed by atoms with van der Waals surface area (Å²) in [5.74, 6) is 0.103. The topological polar surface area (TPSA) is 37.4 Å². The van der Waals surface area contributed by atoms with Gasteiger partial charge in [0.05, 0.1) is 10.4 Å². The third kappa shape index (κ3) is 2.31. The van der Waals surface area contributed by atoms with Gasteiger partial charge in [-0.05, 0) is 42.3 Å². The number of nitrogens with zero attached hydrogens (tertiary/aromatic N) is 1. The van der Waals surface area contributed by atoms with Crippen molar-refractivity contribution in [2.75, 3.05) is 6.54 Å². The summed E-state index contributed by atoms with van der Waals surface area (Å²) in [4.78, 5) is 26.6. The number of amides is 1. The van der Waals surface area contributed by atoms with Gasteiger partial charge in [-0.3, -0.25) is 9.59 Å². The Hall–Kier alpha value is -0.680. The lowest BCUT2D eigenvalue weighted by Crippen LogP contribution is -2.56. The number of likely N-dealkylation sites (tertiary alicyclic amines) is 1. The Bertz CT molecular complexity index is 467. The van der Waals surface area contributed by atoms with Crippen molar-refractivity contribution in [2.45, 2.75) is 32.2 Å². The fraction of sp³-hybridized carbons (Fsp3) is 0.500. The number of thiophene rings is 1. The van der Waals surface area contributed by atoms with E-state index in [1.54, 1.807) is 4.90 Å². The average molecular weight is 316 g/mol. The molecular formula is C12H14BrNO2S. The number of hydrogen-bond acceptors (Lipinski definition) is 3. The van der Waals surface area contributed by atoms with Crippen LogP contribution in [-0.4, -0.2) is 28.7 Å². The van der Waals surface area contributed by atoms with Crippen LogP contribution in [0.1, 0.15) is 36.4 Å². The molecule has 0 aromatic carbocycles. The molecule has 92 valence electrons. The molecule has 0 radical (unpaired) electrons. The molecule has 0 unspecified atom stereocenters. The molecule has 5 heteroatoms. The number of Topliss-reactive ketones (excluding diaryl/α,β-unsaturated/α-hetero) is 1. The molecule has 3 nitrogen and oxygen atoms in total. The summed E-state index contributed by atoms with van der Waals surface area (Å²) >= 11 is 4.74. The minimum absolute atomic E-state index is 0.0428. The van der Waals surface area contributed by atoms with Crippen molar-refractivity contribution in [2.24, 2.45) is 0 Å². The van der Waals surface area contributed by atoms with E-state index in [1.165, 1.54) is 11.3 Å². The number of rotatable bonds is 1. The zero-order valence-corrected chi connectivity index (χ0v) is 12.2. The SMILES string of the molecule is CC1(C)C(=O)CCCN1C(=O)c1cc(Br)cs1. The molecule has 2 heterocycles. The van der Waals surface area contributed by atoms with Crippen LogP contribution in [0.15, 0.2) is 15.9 Å². The second kappa shape index (κ2) is 4.53. The Morgan fingerprint density at radius 2 is 2.24 bits per heavy atom. The first-order valence-corrected chi connectivity index (χ1v) is 7.19. The summed E-state index contributed by atoms with van der Waals surface area (Å²) < 4.78 is 0.909. The third-order valence-corrected chi connectivity index (χ3v) is 4.85. The monoisotopic (exact) mass is 315 g/mol. The maximum absolute atomic E-state index is 12.3. The zero-order valence-electron chi connectivity index (χ0n) is 9.83. The normalized spacial score (nSPS) is 19.5. The van der Waals surface area contributed by atoms with Crippen LogP contribution in [0.5, 0.6) is 0 Å². The highest BCUT2D eigenvalue weighted by atomic mass is 79.9. The summed E-state index contributed by atoms with van der Waals surface area (Å²) in [5, 5.41) is 1.88. The first-order valence-electron chi connectivity index (χ1n) is 5.52. The molecule has 1 saturated heterocycles. The van der Waals surface area contributed by atoms with Crippen LogP contribution in [0.3, 0.4) is 0 Å². The molecule has 0 spiro atoms. The lowest BCUT2D eigenvalue weighted by molar-refractivity contribution is -0.130. The molecule has 0 bridgehead atoms. The number of carbonyl (C=O) groups is 2. The number of ketones is 1. The number of carbonyl (C=O) groups excluding carboxylic acids is 2. The largest absolute Gasteiger partial charge is 0.326 e. The van der Waals surface area contributed by atoms with E-state index in [4.69, 9.17) is 0 Å². The quantitative estimate of drug-likeness (QED) is 0.798. The van der Waals surface area contributed by atoms with Gasteiger partial charge in [0.15, 0.2) is 5.78 Å². The highest BCUT2D eigenvalue weighted by Gasteiger charge is 2.40. The zero-order chi connectivity index (χ0) is 12.6. The first-order chi connectivity index (χ1) is 7.93. The van der Waals surface area contributed by atoms with Gasteiger partial charge in [-0.15, -0.1) is 11.3 Å². The molecular weight excluding hydrogens is 302 g/mol. The van der Waals surface area contributed by atoms with Crippen LogP contribution in [0.2, 0.25) is 0 Å². The van der Waals surface area contributed by atoms with Gasteiger partial charge in [0.1, 0.15) is 0 Å². The smallest absolute Gasteiger partial charge is 0.264 e. The molecule has 1 aromatic heterocycles. The second-order valence-electron chi connectivity index (χ2n) is 4.67. The van der Waals surface area contributed by atoms with Crippen molar-refractivity contribution in [1.29, 1.82) is 0 Å². The van der Waals surface area contributed by atoms with Crippen molar-refractivity contribution in [3.63, 3.8) is 0 Å². The van der Waals surface area contributed by atoms with Gasteiger partial charge in [0, 0.05) is 22.8 Å². The Labute approximate surface area is 113 Å². The number of piperidine rings is 1. The van der Waals surface area contributed by atoms with Gasteiger partial charge >= 0.3 is 0 Å². The van der Waals surface area contributed by atoms with E-state index >= 15 is 0 Å². The molecule has 1 aromatic rings. The van der Waals surface area contributed by atoms with E-state index in [-0.39, 0.29) is 11.7 Å². The molecule has 0 aliphatic carbocycles. The Morgan fingerprint density at radius 3 is 2.82 bits per heavy atom. The highest BCUT2D eigenvalue weighted by Crippen LogP contribution is 2.28. The summed E-state index contributed by atoms with van der Waals surface area (Å²) in [6.45, 7) is 4.32. The van der Waals surface area contributed by atoms with Gasteiger partial charge < -0.3 is 4.90 Å². The fourth-order valence-electron chi connectivity index (χ4n) is 2.05. The second-order valence-corrected chi connectivity index (χ2v) is 6.50. The van der Waals surface area contributed by atoms with E-state index in [0.29, 0.717) is 17.8 Å².